The molecule has 2 atom stereocenters. The fourth-order valence-corrected chi connectivity index (χ4v) is 4.25. The highest BCUT2D eigenvalue weighted by Crippen LogP contribution is 2.23. The van der Waals surface area contributed by atoms with Crippen molar-refractivity contribution in [2.24, 2.45) is 5.92 Å². The number of benzene rings is 1. The van der Waals surface area contributed by atoms with Crippen molar-refractivity contribution in [2.45, 2.75) is 50.8 Å². The normalized spacial score (nSPS) is 23.2. The molecule has 0 saturated heterocycles. The fraction of sp³-hybridized carbons (Fsp3) is 0.562. The first-order valence-corrected chi connectivity index (χ1v) is 9.13. The Bertz CT molecular complexity index is 602. The van der Waals surface area contributed by atoms with Crippen LogP contribution < -0.4 is 4.72 Å². The molecule has 0 bridgehead atoms. The minimum Gasteiger partial charge on any atom is -0.212 e. The van der Waals surface area contributed by atoms with E-state index in [1.54, 1.807) is 24.3 Å². The number of nitriles is 1. The van der Waals surface area contributed by atoms with Gasteiger partial charge in [-0.15, -0.1) is 0 Å². The molecule has 0 aromatic heterocycles. The second kappa shape index (κ2) is 7.06. The molecule has 0 heterocycles. The minimum absolute atomic E-state index is 0.0231. The van der Waals surface area contributed by atoms with Crippen LogP contribution in [0.15, 0.2) is 24.3 Å². The molecule has 1 aliphatic rings. The van der Waals surface area contributed by atoms with Crippen molar-refractivity contribution in [2.75, 3.05) is 0 Å². The zero-order chi connectivity index (χ0) is 15.3. The lowest BCUT2D eigenvalue weighted by molar-refractivity contribution is 0.484. The second-order valence-electron chi connectivity index (χ2n) is 6.00. The van der Waals surface area contributed by atoms with Gasteiger partial charge in [0.1, 0.15) is 0 Å². The smallest absolute Gasteiger partial charge is 0.212 e. The van der Waals surface area contributed by atoms with E-state index in [-0.39, 0.29) is 11.8 Å². The molecule has 2 unspecified atom stereocenters. The first kappa shape index (κ1) is 16.0. The van der Waals surface area contributed by atoms with Crippen LogP contribution in [0.4, 0.5) is 0 Å². The Morgan fingerprint density at radius 3 is 2.57 bits per heavy atom. The molecule has 0 amide bonds. The predicted octanol–water partition coefficient (Wildman–Crippen LogP) is 2.95. The average molecular weight is 306 g/mol. The molecular formula is C16H22N2O2S. The first-order chi connectivity index (χ1) is 9.98. The molecule has 0 radical (unpaired) electrons. The minimum atomic E-state index is -3.32. The van der Waals surface area contributed by atoms with Gasteiger partial charge in [0.25, 0.3) is 0 Å². The van der Waals surface area contributed by atoms with E-state index in [1.807, 2.05) is 6.07 Å². The molecule has 21 heavy (non-hydrogen) atoms. The number of sulfonamides is 1. The van der Waals surface area contributed by atoms with E-state index in [4.69, 9.17) is 5.26 Å². The van der Waals surface area contributed by atoms with Crippen LogP contribution in [-0.2, 0) is 15.8 Å². The summed E-state index contributed by atoms with van der Waals surface area (Å²) in [5.41, 5.74) is 1.25. The SMILES string of the molecule is CC1CCCC(NS(=O)(=O)Cc2ccc(C#N)cc2)CC1. The Hall–Kier alpha value is -1.38. The summed E-state index contributed by atoms with van der Waals surface area (Å²) >= 11 is 0. The third-order valence-corrected chi connectivity index (χ3v) is 5.45. The van der Waals surface area contributed by atoms with Crippen molar-refractivity contribution in [3.8, 4) is 6.07 Å². The third kappa shape index (κ3) is 5.14. The highest BCUT2D eigenvalue weighted by atomic mass is 32.2. The molecule has 1 N–H and O–H groups in total. The Morgan fingerprint density at radius 2 is 1.90 bits per heavy atom. The van der Waals surface area contributed by atoms with E-state index in [9.17, 15) is 8.42 Å². The Kier molecular flexibility index (Phi) is 5.38. The molecule has 1 fully saturated rings. The van der Waals surface area contributed by atoms with Crippen LogP contribution >= 0.6 is 0 Å². The van der Waals surface area contributed by atoms with Gasteiger partial charge in [-0.3, -0.25) is 0 Å². The molecule has 0 aliphatic heterocycles. The summed E-state index contributed by atoms with van der Waals surface area (Å²) in [6.45, 7) is 2.23. The monoisotopic (exact) mass is 306 g/mol. The van der Waals surface area contributed by atoms with Gasteiger partial charge < -0.3 is 0 Å². The van der Waals surface area contributed by atoms with Crippen molar-refractivity contribution in [3.05, 3.63) is 35.4 Å². The quantitative estimate of drug-likeness (QED) is 0.869. The Labute approximate surface area is 127 Å². The number of rotatable bonds is 4. The van der Waals surface area contributed by atoms with Crippen LogP contribution in [0.3, 0.4) is 0 Å². The van der Waals surface area contributed by atoms with Crippen LogP contribution in [0.1, 0.15) is 50.2 Å². The lowest BCUT2D eigenvalue weighted by Gasteiger charge is -2.16. The molecule has 5 heteroatoms. The predicted molar refractivity (Wildman–Crippen MR) is 83.0 cm³/mol. The lowest BCUT2D eigenvalue weighted by Crippen LogP contribution is -2.35. The van der Waals surface area contributed by atoms with Crippen molar-refractivity contribution in [1.82, 2.24) is 4.72 Å². The molecule has 4 nitrogen and oxygen atoms in total. The fourth-order valence-electron chi connectivity index (χ4n) is 2.80. The van der Waals surface area contributed by atoms with Crippen LogP contribution in [-0.4, -0.2) is 14.5 Å². The topological polar surface area (TPSA) is 70.0 Å². The Morgan fingerprint density at radius 1 is 1.19 bits per heavy atom. The molecule has 114 valence electrons. The molecule has 2 rings (SSSR count). The summed E-state index contributed by atoms with van der Waals surface area (Å²) < 4.78 is 27.3. The summed E-state index contributed by atoms with van der Waals surface area (Å²) in [5, 5.41) is 8.74. The molecule has 1 aliphatic carbocycles. The summed E-state index contributed by atoms with van der Waals surface area (Å²) in [7, 11) is -3.32. The highest BCUT2D eigenvalue weighted by Gasteiger charge is 2.21. The van der Waals surface area contributed by atoms with E-state index >= 15 is 0 Å². The maximum atomic E-state index is 12.2. The average Bonchev–Trinajstić information content (AvgIpc) is 2.63. The first-order valence-electron chi connectivity index (χ1n) is 7.47. The second-order valence-corrected chi connectivity index (χ2v) is 7.75. The van der Waals surface area contributed by atoms with E-state index < -0.39 is 10.0 Å². The van der Waals surface area contributed by atoms with E-state index in [0.29, 0.717) is 17.0 Å². The number of nitrogens with one attached hydrogen (secondary N) is 1. The largest absolute Gasteiger partial charge is 0.216 e. The van der Waals surface area contributed by atoms with Crippen LogP contribution in [0.5, 0.6) is 0 Å². The van der Waals surface area contributed by atoms with Crippen molar-refractivity contribution >= 4 is 10.0 Å². The van der Waals surface area contributed by atoms with Crippen molar-refractivity contribution in [3.63, 3.8) is 0 Å². The molecule has 1 aromatic rings. The highest BCUT2D eigenvalue weighted by molar-refractivity contribution is 7.88. The van der Waals surface area contributed by atoms with E-state index in [0.717, 1.165) is 25.7 Å². The maximum Gasteiger partial charge on any atom is 0.216 e. The summed E-state index contributed by atoms with van der Waals surface area (Å²) in [4.78, 5) is 0. The van der Waals surface area contributed by atoms with Gasteiger partial charge in [0.05, 0.1) is 17.4 Å². The number of hydrogen-bond acceptors (Lipinski definition) is 3. The zero-order valence-corrected chi connectivity index (χ0v) is 13.2. The zero-order valence-electron chi connectivity index (χ0n) is 12.4. The standard InChI is InChI=1S/C16H22N2O2S/c1-13-3-2-4-16(10-5-13)18-21(19,20)12-15-8-6-14(11-17)7-9-15/h6-9,13,16,18H,2-5,10,12H2,1H3. The van der Waals surface area contributed by atoms with Gasteiger partial charge in [0, 0.05) is 6.04 Å². The van der Waals surface area contributed by atoms with Gasteiger partial charge in [-0.1, -0.05) is 31.9 Å². The van der Waals surface area contributed by atoms with Crippen molar-refractivity contribution < 1.29 is 8.42 Å². The maximum absolute atomic E-state index is 12.2. The molecular weight excluding hydrogens is 284 g/mol. The summed E-state index contributed by atoms with van der Waals surface area (Å²) in [6, 6.07) is 8.80. The lowest BCUT2D eigenvalue weighted by atomic mass is 10.0. The number of nitrogens with zero attached hydrogens (tertiary/aromatic N) is 1. The van der Waals surface area contributed by atoms with Gasteiger partial charge in [-0.05, 0) is 42.9 Å². The summed E-state index contributed by atoms with van der Waals surface area (Å²) in [6.07, 6.45) is 5.22. The van der Waals surface area contributed by atoms with Crippen molar-refractivity contribution in [1.29, 1.82) is 5.26 Å². The molecule has 1 aromatic carbocycles. The van der Waals surface area contributed by atoms with Gasteiger partial charge in [-0.2, -0.15) is 5.26 Å². The van der Waals surface area contributed by atoms with E-state index in [1.165, 1.54) is 6.42 Å². The summed E-state index contributed by atoms with van der Waals surface area (Å²) in [5.74, 6) is 0.670. The van der Waals surface area contributed by atoms with E-state index in [2.05, 4.69) is 11.6 Å². The molecule has 1 saturated carbocycles. The van der Waals surface area contributed by atoms with Gasteiger partial charge >= 0.3 is 0 Å². The Balaban J connectivity index is 1.96. The van der Waals surface area contributed by atoms with Gasteiger partial charge in [-0.25, -0.2) is 13.1 Å². The van der Waals surface area contributed by atoms with Gasteiger partial charge in [0.2, 0.25) is 10.0 Å². The van der Waals surface area contributed by atoms with Crippen LogP contribution in [0.2, 0.25) is 0 Å². The third-order valence-electron chi connectivity index (χ3n) is 4.04. The van der Waals surface area contributed by atoms with Crippen LogP contribution in [0, 0.1) is 17.2 Å². The van der Waals surface area contributed by atoms with Crippen LogP contribution in [0.25, 0.3) is 0 Å². The van der Waals surface area contributed by atoms with Gasteiger partial charge in [0.15, 0.2) is 0 Å². The number of hydrogen-bond donors (Lipinski definition) is 1. The molecule has 0 spiro atoms.